The Bertz CT molecular complexity index is 1110. The van der Waals surface area contributed by atoms with E-state index in [4.69, 9.17) is 9.47 Å². The van der Waals surface area contributed by atoms with Crippen LogP contribution >= 0.6 is 0 Å². The molecule has 0 atom stereocenters. The molecular formula is C24H30N6O3. The minimum atomic E-state index is -0.0507. The van der Waals surface area contributed by atoms with Crippen molar-refractivity contribution in [3.8, 4) is 11.5 Å². The maximum Gasteiger partial charge on any atom is 0.317 e. The maximum atomic E-state index is 12.7. The molecule has 174 valence electrons. The second-order valence-corrected chi connectivity index (χ2v) is 8.12. The molecule has 33 heavy (non-hydrogen) atoms. The van der Waals surface area contributed by atoms with Gasteiger partial charge in [-0.3, -0.25) is 0 Å². The van der Waals surface area contributed by atoms with Gasteiger partial charge in [0.2, 0.25) is 0 Å². The van der Waals surface area contributed by atoms with Gasteiger partial charge in [0.15, 0.2) is 11.5 Å². The van der Waals surface area contributed by atoms with Crippen LogP contribution in [0, 0.1) is 0 Å². The van der Waals surface area contributed by atoms with E-state index in [0.717, 1.165) is 28.0 Å². The van der Waals surface area contributed by atoms with Crippen LogP contribution in [0.2, 0.25) is 0 Å². The topological polar surface area (TPSA) is 83.1 Å². The van der Waals surface area contributed by atoms with Gasteiger partial charge in [-0.25, -0.2) is 14.8 Å². The molecule has 1 aromatic heterocycles. The average molecular weight is 451 g/mol. The van der Waals surface area contributed by atoms with E-state index in [0.29, 0.717) is 44.2 Å². The van der Waals surface area contributed by atoms with E-state index in [1.807, 2.05) is 43.3 Å². The Morgan fingerprint density at radius 1 is 1.00 bits per heavy atom. The van der Waals surface area contributed by atoms with E-state index < -0.39 is 0 Å². The number of benzene rings is 2. The van der Waals surface area contributed by atoms with Crippen molar-refractivity contribution in [1.29, 1.82) is 0 Å². The van der Waals surface area contributed by atoms with E-state index in [2.05, 4.69) is 37.2 Å². The lowest BCUT2D eigenvalue weighted by Crippen LogP contribution is -2.52. The predicted molar refractivity (Wildman–Crippen MR) is 129 cm³/mol. The lowest BCUT2D eigenvalue weighted by Gasteiger charge is -2.35. The molecule has 9 nitrogen and oxygen atoms in total. The monoisotopic (exact) mass is 450 g/mol. The lowest BCUT2D eigenvalue weighted by molar-refractivity contribution is 0.194. The Hall–Kier alpha value is -3.75. The molecule has 1 N–H and O–H groups in total. The number of urea groups is 1. The number of piperazine rings is 1. The fraction of sp³-hybridized carbons (Fsp3) is 0.375. The third-order valence-corrected chi connectivity index (χ3v) is 5.88. The molecule has 0 radical (unpaired) electrons. The molecule has 1 aliphatic rings. The first kappa shape index (κ1) is 22.4. The van der Waals surface area contributed by atoms with Gasteiger partial charge in [0.1, 0.15) is 12.1 Å². The third kappa shape index (κ3) is 4.87. The standard InChI is InChI=1S/C24H30N6O3/c1-28(2)18-7-5-17(6-8-18)15-25-24(31)30-11-9-29(10-12-30)23-19-13-21(32-3)22(33-4)14-20(19)26-16-27-23/h5-8,13-14,16H,9-12,15H2,1-4H3,(H,25,31). The smallest absolute Gasteiger partial charge is 0.317 e. The number of anilines is 2. The summed E-state index contributed by atoms with van der Waals surface area (Å²) in [6, 6.07) is 11.9. The summed E-state index contributed by atoms with van der Waals surface area (Å²) in [6.07, 6.45) is 1.56. The first-order chi connectivity index (χ1) is 16.0. The van der Waals surface area contributed by atoms with E-state index in [1.165, 1.54) is 0 Å². The molecule has 1 saturated heterocycles. The van der Waals surface area contributed by atoms with Crippen molar-refractivity contribution < 1.29 is 14.3 Å². The third-order valence-electron chi connectivity index (χ3n) is 5.88. The van der Waals surface area contributed by atoms with Crippen molar-refractivity contribution >= 4 is 28.4 Å². The fourth-order valence-corrected chi connectivity index (χ4v) is 3.94. The van der Waals surface area contributed by atoms with Crippen molar-refractivity contribution in [2.45, 2.75) is 6.54 Å². The van der Waals surface area contributed by atoms with Crippen LogP contribution in [-0.2, 0) is 6.54 Å². The number of carbonyl (C=O) groups is 1. The number of aromatic nitrogens is 2. The minimum Gasteiger partial charge on any atom is -0.493 e. The zero-order valence-corrected chi connectivity index (χ0v) is 19.5. The Labute approximate surface area is 193 Å². The predicted octanol–water partition coefficient (Wildman–Crippen LogP) is 2.74. The number of ether oxygens (including phenoxy) is 2. The number of hydrogen-bond donors (Lipinski definition) is 1. The van der Waals surface area contributed by atoms with Gasteiger partial charge in [-0.2, -0.15) is 0 Å². The zero-order chi connectivity index (χ0) is 23.4. The molecule has 2 amide bonds. The lowest BCUT2D eigenvalue weighted by atomic mass is 10.2. The number of rotatable bonds is 6. The van der Waals surface area contributed by atoms with E-state index in [9.17, 15) is 4.79 Å². The molecule has 0 bridgehead atoms. The molecule has 2 heterocycles. The van der Waals surface area contributed by atoms with Crippen LogP contribution in [0.3, 0.4) is 0 Å². The average Bonchev–Trinajstić information content (AvgIpc) is 2.86. The molecule has 4 rings (SSSR count). The van der Waals surface area contributed by atoms with E-state index >= 15 is 0 Å². The normalized spacial score (nSPS) is 13.7. The van der Waals surface area contributed by atoms with E-state index in [1.54, 1.807) is 20.5 Å². The van der Waals surface area contributed by atoms with Crippen molar-refractivity contribution in [2.24, 2.45) is 0 Å². The first-order valence-electron chi connectivity index (χ1n) is 10.9. The highest BCUT2D eigenvalue weighted by molar-refractivity contribution is 5.92. The summed E-state index contributed by atoms with van der Waals surface area (Å²) in [4.78, 5) is 27.7. The molecule has 2 aromatic carbocycles. The van der Waals surface area contributed by atoms with Crippen LogP contribution in [0.5, 0.6) is 11.5 Å². The first-order valence-corrected chi connectivity index (χ1v) is 10.9. The number of carbonyl (C=O) groups excluding carboxylic acids is 1. The number of fused-ring (bicyclic) bond motifs is 1. The molecule has 9 heteroatoms. The van der Waals surface area contributed by atoms with Gasteiger partial charge < -0.3 is 29.5 Å². The van der Waals surface area contributed by atoms with Gasteiger partial charge in [-0.1, -0.05) is 12.1 Å². The number of methoxy groups -OCH3 is 2. The Morgan fingerprint density at radius 3 is 2.30 bits per heavy atom. The second kappa shape index (κ2) is 9.81. The summed E-state index contributed by atoms with van der Waals surface area (Å²) >= 11 is 0. The minimum absolute atomic E-state index is 0.0507. The van der Waals surface area contributed by atoms with Crippen LogP contribution in [0.25, 0.3) is 10.9 Å². The van der Waals surface area contributed by atoms with Gasteiger partial charge in [-0.05, 0) is 23.8 Å². The van der Waals surface area contributed by atoms with Gasteiger partial charge >= 0.3 is 6.03 Å². The highest BCUT2D eigenvalue weighted by atomic mass is 16.5. The molecule has 0 saturated carbocycles. The van der Waals surface area contributed by atoms with E-state index in [-0.39, 0.29) is 6.03 Å². The van der Waals surface area contributed by atoms with Crippen molar-refractivity contribution in [3.63, 3.8) is 0 Å². The quantitative estimate of drug-likeness (QED) is 0.618. The SMILES string of the molecule is COc1cc2ncnc(N3CCN(C(=O)NCc4ccc(N(C)C)cc4)CC3)c2cc1OC. The van der Waals surface area contributed by atoms with Crippen molar-refractivity contribution in [3.05, 3.63) is 48.3 Å². The summed E-state index contributed by atoms with van der Waals surface area (Å²) in [5.41, 5.74) is 3.00. The number of hydrogen-bond acceptors (Lipinski definition) is 7. The number of amides is 2. The highest BCUT2D eigenvalue weighted by Crippen LogP contribution is 2.34. The highest BCUT2D eigenvalue weighted by Gasteiger charge is 2.23. The molecule has 1 fully saturated rings. The van der Waals surface area contributed by atoms with Gasteiger partial charge in [-0.15, -0.1) is 0 Å². The Kier molecular flexibility index (Phi) is 6.67. The van der Waals surface area contributed by atoms with Gasteiger partial charge in [0, 0.05) is 64.0 Å². The molecule has 0 unspecified atom stereocenters. The number of nitrogens with zero attached hydrogens (tertiary/aromatic N) is 5. The van der Waals surface area contributed by atoms with Crippen LogP contribution in [0.15, 0.2) is 42.7 Å². The maximum absolute atomic E-state index is 12.7. The summed E-state index contributed by atoms with van der Waals surface area (Å²) in [5, 5.41) is 3.93. The number of nitrogens with one attached hydrogen (secondary N) is 1. The largest absolute Gasteiger partial charge is 0.493 e. The van der Waals surface area contributed by atoms with Crippen LogP contribution in [0.4, 0.5) is 16.3 Å². The van der Waals surface area contributed by atoms with Gasteiger partial charge in [0.05, 0.1) is 19.7 Å². The Balaban J connectivity index is 1.38. The fourth-order valence-electron chi connectivity index (χ4n) is 3.94. The van der Waals surface area contributed by atoms with Crippen LogP contribution < -0.4 is 24.6 Å². The van der Waals surface area contributed by atoms with Gasteiger partial charge in [0.25, 0.3) is 0 Å². The molecular weight excluding hydrogens is 420 g/mol. The summed E-state index contributed by atoms with van der Waals surface area (Å²) in [6.45, 7) is 3.11. The Morgan fingerprint density at radius 2 is 1.67 bits per heavy atom. The summed E-state index contributed by atoms with van der Waals surface area (Å²) in [5.74, 6) is 2.10. The second-order valence-electron chi connectivity index (χ2n) is 8.12. The molecule has 0 aliphatic carbocycles. The van der Waals surface area contributed by atoms with Crippen molar-refractivity contribution in [1.82, 2.24) is 20.2 Å². The van der Waals surface area contributed by atoms with Crippen LogP contribution in [0.1, 0.15) is 5.56 Å². The molecule has 1 aliphatic heterocycles. The summed E-state index contributed by atoms with van der Waals surface area (Å²) < 4.78 is 10.8. The van der Waals surface area contributed by atoms with Crippen LogP contribution in [-0.4, -0.2) is 75.4 Å². The summed E-state index contributed by atoms with van der Waals surface area (Å²) in [7, 11) is 7.23. The zero-order valence-electron chi connectivity index (χ0n) is 19.5. The molecule has 0 spiro atoms. The van der Waals surface area contributed by atoms with Crippen molar-refractivity contribution in [2.75, 3.05) is 64.3 Å². The molecule has 3 aromatic rings.